The first kappa shape index (κ1) is 11.3. The fourth-order valence-electron chi connectivity index (χ4n) is 1.47. The molecule has 0 aromatic heterocycles. The van der Waals surface area contributed by atoms with Crippen LogP contribution in [0.3, 0.4) is 0 Å². The highest BCUT2D eigenvalue weighted by Gasteiger charge is 2.22. The van der Waals surface area contributed by atoms with Gasteiger partial charge >= 0.3 is 0 Å². The van der Waals surface area contributed by atoms with Crippen molar-refractivity contribution >= 4 is 23.4 Å². The standard InChI is InChI=1S/C11H14N2O2S/c1-15-9-4-2-8(3-5-9)13-11(14)10-6-16-7-12-10/h2-5,10,12H,6-7H2,1H3,(H,13,14)/t10-/m1/s1. The summed E-state index contributed by atoms with van der Waals surface area (Å²) in [6, 6.07) is 7.24. The average Bonchev–Trinajstić information content (AvgIpc) is 2.83. The molecule has 0 radical (unpaired) electrons. The Morgan fingerprint density at radius 1 is 1.50 bits per heavy atom. The number of nitrogens with one attached hydrogen (secondary N) is 2. The lowest BCUT2D eigenvalue weighted by Crippen LogP contribution is -2.37. The van der Waals surface area contributed by atoms with E-state index in [2.05, 4.69) is 10.6 Å². The van der Waals surface area contributed by atoms with Crippen LogP contribution in [0.1, 0.15) is 0 Å². The predicted molar refractivity (Wildman–Crippen MR) is 65.9 cm³/mol. The van der Waals surface area contributed by atoms with Crippen LogP contribution in [0.5, 0.6) is 5.75 Å². The molecule has 1 aromatic rings. The van der Waals surface area contributed by atoms with Crippen molar-refractivity contribution in [1.82, 2.24) is 5.32 Å². The number of methoxy groups -OCH3 is 1. The number of hydrogen-bond donors (Lipinski definition) is 2. The zero-order valence-electron chi connectivity index (χ0n) is 9.03. The summed E-state index contributed by atoms with van der Waals surface area (Å²) in [5, 5.41) is 5.99. The van der Waals surface area contributed by atoms with Crippen molar-refractivity contribution in [2.45, 2.75) is 6.04 Å². The van der Waals surface area contributed by atoms with Crippen LogP contribution in [0.25, 0.3) is 0 Å². The molecule has 1 heterocycles. The molecule has 1 aromatic carbocycles. The first-order valence-corrected chi connectivity index (χ1v) is 6.21. The van der Waals surface area contributed by atoms with Gasteiger partial charge in [-0.3, -0.25) is 10.1 Å². The maximum atomic E-state index is 11.8. The van der Waals surface area contributed by atoms with E-state index in [1.54, 1.807) is 18.9 Å². The van der Waals surface area contributed by atoms with Crippen LogP contribution in [0, 0.1) is 0 Å². The van der Waals surface area contributed by atoms with Crippen molar-refractivity contribution < 1.29 is 9.53 Å². The Labute approximate surface area is 98.7 Å². The molecule has 0 unspecified atom stereocenters. The van der Waals surface area contributed by atoms with Gasteiger partial charge in [0.25, 0.3) is 0 Å². The van der Waals surface area contributed by atoms with Gasteiger partial charge in [-0.25, -0.2) is 0 Å². The minimum Gasteiger partial charge on any atom is -0.497 e. The average molecular weight is 238 g/mol. The second-order valence-electron chi connectivity index (χ2n) is 3.49. The number of rotatable bonds is 3. The van der Waals surface area contributed by atoms with E-state index in [1.165, 1.54) is 0 Å². The lowest BCUT2D eigenvalue weighted by Gasteiger charge is -2.10. The predicted octanol–water partition coefficient (Wildman–Crippen LogP) is 1.30. The fraction of sp³-hybridized carbons (Fsp3) is 0.364. The van der Waals surface area contributed by atoms with Crippen LogP contribution in [0.15, 0.2) is 24.3 Å². The third-order valence-electron chi connectivity index (χ3n) is 2.39. The Hall–Kier alpha value is -1.20. The van der Waals surface area contributed by atoms with Gasteiger partial charge in [0, 0.05) is 17.3 Å². The molecule has 1 amide bonds. The summed E-state index contributed by atoms with van der Waals surface area (Å²) in [5.74, 6) is 2.49. The summed E-state index contributed by atoms with van der Waals surface area (Å²) in [5.41, 5.74) is 0.796. The largest absolute Gasteiger partial charge is 0.497 e. The van der Waals surface area contributed by atoms with E-state index in [1.807, 2.05) is 24.3 Å². The van der Waals surface area contributed by atoms with E-state index in [0.29, 0.717) is 0 Å². The Kier molecular flexibility index (Phi) is 3.69. The van der Waals surface area contributed by atoms with Gasteiger partial charge in [0.05, 0.1) is 13.2 Å². The molecule has 1 aliphatic rings. The van der Waals surface area contributed by atoms with Crippen LogP contribution in [0.4, 0.5) is 5.69 Å². The highest BCUT2D eigenvalue weighted by Crippen LogP contribution is 2.16. The number of benzene rings is 1. The third-order valence-corrected chi connectivity index (χ3v) is 3.33. The van der Waals surface area contributed by atoms with E-state index in [0.717, 1.165) is 23.1 Å². The summed E-state index contributed by atoms with van der Waals surface area (Å²) in [7, 11) is 1.62. The molecule has 1 saturated heterocycles. The van der Waals surface area contributed by atoms with Crippen molar-refractivity contribution in [3.63, 3.8) is 0 Å². The minimum atomic E-state index is -0.0768. The molecule has 1 aliphatic heterocycles. The van der Waals surface area contributed by atoms with E-state index in [4.69, 9.17) is 4.74 Å². The number of carbonyl (C=O) groups is 1. The monoisotopic (exact) mass is 238 g/mol. The molecule has 2 rings (SSSR count). The molecule has 0 spiro atoms. The van der Waals surface area contributed by atoms with Gasteiger partial charge in [0.2, 0.25) is 5.91 Å². The number of thioether (sulfide) groups is 1. The van der Waals surface area contributed by atoms with Crippen molar-refractivity contribution in [2.24, 2.45) is 0 Å². The molecule has 16 heavy (non-hydrogen) atoms. The first-order chi connectivity index (χ1) is 7.79. The molecule has 0 aliphatic carbocycles. The van der Waals surface area contributed by atoms with Crippen molar-refractivity contribution in [2.75, 3.05) is 24.1 Å². The van der Waals surface area contributed by atoms with Crippen LogP contribution >= 0.6 is 11.8 Å². The summed E-state index contributed by atoms with van der Waals surface area (Å²) < 4.78 is 5.05. The SMILES string of the molecule is COc1ccc(NC(=O)[C@H]2CSCN2)cc1. The van der Waals surface area contributed by atoms with Gasteiger partial charge in [-0.2, -0.15) is 0 Å². The van der Waals surface area contributed by atoms with Crippen molar-refractivity contribution in [3.05, 3.63) is 24.3 Å². The second-order valence-corrected chi connectivity index (χ2v) is 4.52. The van der Waals surface area contributed by atoms with E-state index < -0.39 is 0 Å². The molecule has 1 fully saturated rings. The Balaban J connectivity index is 1.94. The first-order valence-electron chi connectivity index (χ1n) is 5.05. The molecular formula is C11H14N2O2S. The molecule has 0 bridgehead atoms. The highest BCUT2D eigenvalue weighted by atomic mass is 32.2. The number of ether oxygens (including phenoxy) is 1. The molecular weight excluding hydrogens is 224 g/mol. The van der Waals surface area contributed by atoms with E-state index >= 15 is 0 Å². The van der Waals surface area contributed by atoms with Crippen LogP contribution in [-0.4, -0.2) is 30.7 Å². The van der Waals surface area contributed by atoms with E-state index in [-0.39, 0.29) is 11.9 Å². The molecule has 4 nitrogen and oxygen atoms in total. The Morgan fingerprint density at radius 3 is 2.81 bits per heavy atom. The topological polar surface area (TPSA) is 50.4 Å². The zero-order valence-corrected chi connectivity index (χ0v) is 9.84. The van der Waals surface area contributed by atoms with Crippen LogP contribution in [-0.2, 0) is 4.79 Å². The Bertz CT molecular complexity index is 361. The van der Waals surface area contributed by atoms with Gasteiger partial charge in [0.1, 0.15) is 5.75 Å². The molecule has 0 saturated carbocycles. The smallest absolute Gasteiger partial charge is 0.242 e. The normalized spacial score (nSPS) is 19.4. The quantitative estimate of drug-likeness (QED) is 0.833. The summed E-state index contributed by atoms with van der Waals surface area (Å²) in [4.78, 5) is 11.8. The maximum Gasteiger partial charge on any atom is 0.242 e. The van der Waals surface area contributed by atoms with Crippen LogP contribution < -0.4 is 15.4 Å². The number of amides is 1. The number of anilines is 1. The zero-order chi connectivity index (χ0) is 11.4. The molecule has 1 atom stereocenters. The highest BCUT2D eigenvalue weighted by molar-refractivity contribution is 7.99. The van der Waals surface area contributed by atoms with Gasteiger partial charge < -0.3 is 10.1 Å². The fourth-order valence-corrected chi connectivity index (χ4v) is 2.41. The summed E-state index contributed by atoms with van der Waals surface area (Å²) >= 11 is 1.74. The van der Waals surface area contributed by atoms with Gasteiger partial charge in [-0.15, -0.1) is 11.8 Å². The van der Waals surface area contributed by atoms with Crippen molar-refractivity contribution in [1.29, 1.82) is 0 Å². The summed E-state index contributed by atoms with van der Waals surface area (Å²) in [6.45, 7) is 0. The molecule has 5 heteroatoms. The molecule has 86 valence electrons. The number of carbonyl (C=O) groups excluding carboxylic acids is 1. The third kappa shape index (κ3) is 2.68. The van der Waals surface area contributed by atoms with Crippen LogP contribution in [0.2, 0.25) is 0 Å². The van der Waals surface area contributed by atoms with Gasteiger partial charge in [0.15, 0.2) is 0 Å². The maximum absolute atomic E-state index is 11.8. The lowest BCUT2D eigenvalue weighted by atomic mass is 10.2. The summed E-state index contributed by atoms with van der Waals surface area (Å²) in [6.07, 6.45) is 0. The molecule has 2 N–H and O–H groups in total. The minimum absolute atomic E-state index is 0.0233. The number of hydrogen-bond acceptors (Lipinski definition) is 4. The van der Waals surface area contributed by atoms with E-state index in [9.17, 15) is 4.79 Å². The van der Waals surface area contributed by atoms with Gasteiger partial charge in [-0.05, 0) is 24.3 Å². The van der Waals surface area contributed by atoms with Gasteiger partial charge in [-0.1, -0.05) is 0 Å². The lowest BCUT2D eigenvalue weighted by molar-refractivity contribution is -0.117. The van der Waals surface area contributed by atoms with Crippen molar-refractivity contribution in [3.8, 4) is 5.75 Å². The second kappa shape index (κ2) is 5.23. The Morgan fingerprint density at radius 2 is 2.25 bits per heavy atom.